The second-order valence-electron chi connectivity index (χ2n) is 5.52. The summed E-state index contributed by atoms with van der Waals surface area (Å²) in [6, 6.07) is 2.86. The van der Waals surface area contributed by atoms with E-state index in [9.17, 15) is 8.42 Å². The van der Waals surface area contributed by atoms with Gasteiger partial charge in [0.15, 0.2) is 0 Å². The molecule has 4 N–H and O–H groups in total. The number of nitrogens with two attached hydrogens (primary N) is 1. The molecule has 1 aromatic heterocycles. The number of nitrogens with zero attached hydrogens (tertiary/aromatic N) is 1. The van der Waals surface area contributed by atoms with Crippen molar-refractivity contribution in [2.45, 2.75) is 50.8 Å². The molecule has 0 bridgehead atoms. The van der Waals surface area contributed by atoms with Crippen molar-refractivity contribution < 1.29 is 8.42 Å². The molecule has 6 nitrogen and oxygen atoms in total. The van der Waals surface area contributed by atoms with Gasteiger partial charge in [0, 0.05) is 18.8 Å². The maximum Gasteiger partial charge on any atom is 0.240 e. The Bertz CT molecular complexity index is 517. The Hall–Kier alpha value is -1.18. The van der Waals surface area contributed by atoms with Crippen LogP contribution in [0.2, 0.25) is 0 Å². The first kappa shape index (κ1) is 17.9. The van der Waals surface area contributed by atoms with Gasteiger partial charge >= 0.3 is 0 Å². The van der Waals surface area contributed by atoms with Gasteiger partial charge < -0.3 is 5.43 Å². The summed E-state index contributed by atoms with van der Waals surface area (Å²) in [7, 11) is -3.48. The Kier molecular flexibility index (Phi) is 7.63. The highest BCUT2D eigenvalue weighted by Crippen LogP contribution is 2.12. The third-order valence-corrected chi connectivity index (χ3v) is 4.65. The van der Waals surface area contributed by atoms with E-state index in [4.69, 9.17) is 5.84 Å². The average Bonchev–Trinajstić information content (AvgIpc) is 2.46. The Morgan fingerprint density at radius 1 is 1.24 bits per heavy atom. The lowest BCUT2D eigenvalue weighted by Gasteiger charge is -2.08. The van der Waals surface area contributed by atoms with Gasteiger partial charge in [0.2, 0.25) is 10.0 Å². The predicted molar refractivity (Wildman–Crippen MR) is 85.2 cm³/mol. The van der Waals surface area contributed by atoms with Crippen LogP contribution in [0.4, 0.5) is 5.82 Å². The standard InChI is InChI=1S/C14H26N4O2S/c1-12(2)7-5-3-4-6-9-17-21(19,20)13-8-10-16-14(11-13)18-15/h8,10-12,17H,3-7,9,15H2,1-2H3,(H,16,18). The van der Waals surface area contributed by atoms with E-state index in [-0.39, 0.29) is 4.90 Å². The number of aromatic nitrogens is 1. The zero-order valence-electron chi connectivity index (χ0n) is 12.8. The van der Waals surface area contributed by atoms with Gasteiger partial charge in [0.05, 0.1) is 4.90 Å². The summed E-state index contributed by atoms with van der Waals surface area (Å²) < 4.78 is 26.7. The molecule has 0 saturated heterocycles. The average molecular weight is 314 g/mol. The highest BCUT2D eigenvalue weighted by Gasteiger charge is 2.13. The zero-order chi connectivity index (χ0) is 15.7. The van der Waals surface area contributed by atoms with Crippen molar-refractivity contribution in [3.8, 4) is 0 Å². The number of rotatable bonds is 10. The minimum Gasteiger partial charge on any atom is -0.308 e. The second-order valence-corrected chi connectivity index (χ2v) is 7.28. The van der Waals surface area contributed by atoms with Gasteiger partial charge in [0.1, 0.15) is 5.82 Å². The van der Waals surface area contributed by atoms with E-state index >= 15 is 0 Å². The highest BCUT2D eigenvalue weighted by molar-refractivity contribution is 7.89. The molecule has 0 aliphatic rings. The number of anilines is 1. The molecule has 120 valence electrons. The fourth-order valence-corrected chi connectivity index (χ4v) is 3.06. The molecule has 0 saturated carbocycles. The summed E-state index contributed by atoms with van der Waals surface area (Å²) in [5, 5.41) is 0. The number of nitrogens with one attached hydrogen (secondary N) is 2. The van der Waals surface area contributed by atoms with Crippen molar-refractivity contribution in [1.82, 2.24) is 9.71 Å². The maximum atomic E-state index is 12.1. The lowest BCUT2D eigenvalue weighted by Crippen LogP contribution is -2.25. The van der Waals surface area contributed by atoms with Crippen molar-refractivity contribution in [1.29, 1.82) is 0 Å². The predicted octanol–water partition coefficient (Wildman–Crippen LogP) is 2.25. The molecule has 0 aliphatic carbocycles. The van der Waals surface area contributed by atoms with E-state index < -0.39 is 10.0 Å². The molecule has 1 rings (SSSR count). The van der Waals surface area contributed by atoms with Gasteiger partial charge in [-0.3, -0.25) is 0 Å². The molecule has 7 heteroatoms. The molecule has 0 spiro atoms. The van der Waals surface area contributed by atoms with Crippen molar-refractivity contribution in [3.05, 3.63) is 18.3 Å². The van der Waals surface area contributed by atoms with Crippen LogP contribution in [0.15, 0.2) is 23.2 Å². The number of hydrogen-bond acceptors (Lipinski definition) is 5. The van der Waals surface area contributed by atoms with Crippen LogP contribution in [-0.4, -0.2) is 19.9 Å². The molecule has 21 heavy (non-hydrogen) atoms. The van der Waals surface area contributed by atoms with Gasteiger partial charge in [-0.15, -0.1) is 0 Å². The third kappa shape index (κ3) is 6.88. The number of hydrogen-bond donors (Lipinski definition) is 3. The molecule has 0 atom stereocenters. The molecule has 0 aromatic carbocycles. The molecule has 0 aliphatic heterocycles. The van der Waals surface area contributed by atoms with Crippen molar-refractivity contribution in [2.24, 2.45) is 11.8 Å². The van der Waals surface area contributed by atoms with E-state index in [1.54, 1.807) is 0 Å². The smallest absolute Gasteiger partial charge is 0.240 e. The Labute approximate surface area is 127 Å². The monoisotopic (exact) mass is 314 g/mol. The fourth-order valence-electron chi connectivity index (χ4n) is 1.98. The number of sulfonamides is 1. The number of unbranched alkanes of at least 4 members (excludes halogenated alkanes) is 3. The minimum atomic E-state index is -3.48. The zero-order valence-corrected chi connectivity index (χ0v) is 13.6. The van der Waals surface area contributed by atoms with E-state index in [1.165, 1.54) is 31.2 Å². The number of pyridine rings is 1. The van der Waals surface area contributed by atoms with Crippen molar-refractivity contribution in [3.63, 3.8) is 0 Å². The molecule has 1 heterocycles. The summed E-state index contributed by atoms with van der Waals surface area (Å²) in [5.74, 6) is 6.29. The van der Waals surface area contributed by atoms with E-state index in [1.807, 2.05) is 0 Å². The molecular weight excluding hydrogens is 288 g/mol. The Morgan fingerprint density at radius 2 is 1.95 bits per heavy atom. The minimum absolute atomic E-state index is 0.172. The first-order chi connectivity index (χ1) is 9.95. The molecule has 0 radical (unpaired) electrons. The fraction of sp³-hybridized carbons (Fsp3) is 0.643. The number of nitrogen functional groups attached to an aromatic ring is 1. The van der Waals surface area contributed by atoms with Crippen molar-refractivity contribution >= 4 is 15.8 Å². The van der Waals surface area contributed by atoms with Crippen LogP contribution in [-0.2, 0) is 10.0 Å². The van der Waals surface area contributed by atoms with Crippen LogP contribution >= 0.6 is 0 Å². The molecule has 0 fully saturated rings. The first-order valence-corrected chi connectivity index (χ1v) is 8.86. The Morgan fingerprint density at radius 3 is 2.62 bits per heavy atom. The van der Waals surface area contributed by atoms with Crippen LogP contribution in [0, 0.1) is 5.92 Å². The van der Waals surface area contributed by atoms with Gasteiger partial charge in [-0.1, -0.05) is 39.5 Å². The lowest BCUT2D eigenvalue weighted by atomic mass is 10.0. The normalized spacial score (nSPS) is 11.8. The maximum absolute atomic E-state index is 12.1. The van der Waals surface area contributed by atoms with E-state index in [0.717, 1.165) is 25.2 Å². The van der Waals surface area contributed by atoms with E-state index in [2.05, 4.69) is 29.0 Å². The molecular formula is C14H26N4O2S. The van der Waals surface area contributed by atoms with Crippen LogP contribution in [0.5, 0.6) is 0 Å². The molecule has 1 aromatic rings. The van der Waals surface area contributed by atoms with Crippen LogP contribution in [0.1, 0.15) is 46.0 Å². The lowest BCUT2D eigenvalue weighted by molar-refractivity contribution is 0.517. The third-order valence-electron chi connectivity index (χ3n) is 3.19. The largest absolute Gasteiger partial charge is 0.308 e. The van der Waals surface area contributed by atoms with Crippen LogP contribution in [0.25, 0.3) is 0 Å². The topological polar surface area (TPSA) is 97.1 Å². The second kappa shape index (κ2) is 8.96. The molecule has 0 unspecified atom stereocenters. The van der Waals surface area contributed by atoms with Gasteiger partial charge in [-0.25, -0.2) is 24.0 Å². The van der Waals surface area contributed by atoms with Crippen LogP contribution < -0.4 is 16.0 Å². The summed E-state index contributed by atoms with van der Waals surface area (Å²) in [4.78, 5) is 4.06. The van der Waals surface area contributed by atoms with Crippen LogP contribution in [0.3, 0.4) is 0 Å². The first-order valence-electron chi connectivity index (χ1n) is 7.38. The SMILES string of the molecule is CC(C)CCCCCCNS(=O)(=O)c1ccnc(NN)c1. The summed E-state index contributed by atoms with van der Waals surface area (Å²) in [6.07, 6.45) is 6.90. The van der Waals surface area contributed by atoms with Crippen molar-refractivity contribution in [2.75, 3.05) is 12.0 Å². The summed E-state index contributed by atoms with van der Waals surface area (Å²) >= 11 is 0. The van der Waals surface area contributed by atoms with Gasteiger partial charge in [-0.2, -0.15) is 0 Å². The quantitative estimate of drug-likeness (QED) is 0.349. The number of hydrazine groups is 1. The highest BCUT2D eigenvalue weighted by atomic mass is 32.2. The van der Waals surface area contributed by atoms with E-state index in [0.29, 0.717) is 12.4 Å². The summed E-state index contributed by atoms with van der Waals surface area (Å²) in [5.41, 5.74) is 2.34. The summed E-state index contributed by atoms with van der Waals surface area (Å²) in [6.45, 7) is 4.89. The molecule has 0 amide bonds. The Balaban J connectivity index is 2.33. The van der Waals surface area contributed by atoms with Gasteiger partial charge in [0.25, 0.3) is 0 Å². The van der Waals surface area contributed by atoms with Gasteiger partial charge in [-0.05, 0) is 18.4 Å².